The predicted octanol–water partition coefficient (Wildman–Crippen LogP) is 3.84. The Kier molecular flexibility index (Phi) is 3.28. The second kappa shape index (κ2) is 5.24. The number of nitriles is 1. The number of fused-ring (bicyclic) bond motifs is 1. The molecule has 96 valence electrons. The summed E-state index contributed by atoms with van der Waals surface area (Å²) < 4.78 is 0. The molecule has 1 heterocycles. The molecule has 3 nitrogen and oxygen atoms in total. The first-order valence-electron chi connectivity index (χ1n) is 6.10. The molecule has 0 bridgehead atoms. The van der Waals surface area contributed by atoms with Gasteiger partial charge in [-0.05, 0) is 24.3 Å². The Morgan fingerprint density at radius 3 is 2.60 bits per heavy atom. The number of nitrogens with two attached hydrogens (primary N) is 1. The Morgan fingerprint density at radius 2 is 1.80 bits per heavy atom. The van der Waals surface area contributed by atoms with E-state index in [0.29, 0.717) is 16.3 Å². The maximum Gasteiger partial charge on any atom is 0.119 e. The number of nitrogens with zero attached hydrogens (tertiary/aromatic N) is 2. The molecular formula is C16H11N3S. The molecule has 20 heavy (non-hydrogen) atoms. The highest BCUT2D eigenvalue weighted by molar-refractivity contribution is 7.99. The summed E-state index contributed by atoms with van der Waals surface area (Å²) in [6.07, 6.45) is 0. The zero-order chi connectivity index (χ0) is 13.9. The standard InChI is InChI=1S/C16H11N3S/c17-10-12-9-11-5-1-3-7-14(11)19-16(12)20-15-8-4-2-6-13(15)18/h1-9H,18H2. The first kappa shape index (κ1) is 12.5. The average molecular weight is 277 g/mol. The van der Waals surface area contributed by atoms with E-state index in [2.05, 4.69) is 11.1 Å². The van der Waals surface area contributed by atoms with Gasteiger partial charge in [0.1, 0.15) is 11.1 Å². The normalized spacial score (nSPS) is 10.3. The third-order valence-corrected chi connectivity index (χ3v) is 4.03. The summed E-state index contributed by atoms with van der Waals surface area (Å²) in [5, 5.41) is 10.9. The number of pyridine rings is 1. The molecule has 0 saturated carbocycles. The molecule has 0 aliphatic rings. The molecule has 0 spiro atoms. The van der Waals surface area contributed by atoms with Gasteiger partial charge < -0.3 is 5.73 Å². The fourth-order valence-corrected chi connectivity index (χ4v) is 2.83. The molecule has 0 atom stereocenters. The van der Waals surface area contributed by atoms with Crippen LogP contribution in [0.4, 0.5) is 5.69 Å². The highest BCUT2D eigenvalue weighted by atomic mass is 32.2. The van der Waals surface area contributed by atoms with Gasteiger partial charge >= 0.3 is 0 Å². The zero-order valence-corrected chi connectivity index (χ0v) is 11.4. The van der Waals surface area contributed by atoms with Gasteiger partial charge in [0.05, 0.1) is 11.1 Å². The summed E-state index contributed by atoms with van der Waals surface area (Å²) >= 11 is 1.42. The van der Waals surface area contributed by atoms with Crippen molar-refractivity contribution >= 4 is 28.4 Å². The first-order valence-corrected chi connectivity index (χ1v) is 6.92. The second-order valence-electron chi connectivity index (χ2n) is 4.29. The van der Waals surface area contributed by atoms with E-state index in [-0.39, 0.29) is 0 Å². The Balaban J connectivity index is 2.11. The Bertz CT molecular complexity index is 821. The topological polar surface area (TPSA) is 62.7 Å². The summed E-state index contributed by atoms with van der Waals surface area (Å²) in [6, 6.07) is 19.4. The third kappa shape index (κ3) is 2.31. The molecule has 3 aromatic rings. The van der Waals surface area contributed by atoms with Crippen molar-refractivity contribution in [2.75, 3.05) is 5.73 Å². The fourth-order valence-electron chi connectivity index (χ4n) is 1.93. The Labute approximate surface area is 121 Å². The molecule has 2 aromatic carbocycles. The molecule has 2 N–H and O–H groups in total. The molecule has 0 saturated heterocycles. The maximum absolute atomic E-state index is 9.29. The van der Waals surface area contributed by atoms with Gasteiger partial charge in [-0.1, -0.05) is 42.1 Å². The molecular weight excluding hydrogens is 266 g/mol. The quantitative estimate of drug-likeness (QED) is 0.723. The number of hydrogen-bond acceptors (Lipinski definition) is 4. The van der Waals surface area contributed by atoms with Gasteiger partial charge in [0, 0.05) is 16.0 Å². The van der Waals surface area contributed by atoms with Crippen molar-refractivity contribution in [3.63, 3.8) is 0 Å². The third-order valence-electron chi connectivity index (χ3n) is 2.94. The van der Waals surface area contributed by atoms with E-state index in [1.807, 2.05) is 54.6 Å². The van der Waals surface area contributed by atoms with Crippen molar-refractivity contribution in [3.8, 4) is 6.07 Å². The lowest BCUT2D eigenvalue weighted by atomic mass is 10.2. The number of aromatic nitrogens is 1. The second-order valence-corrected chi connectivity index (χ2v) is 5.32. The minimum atomic E-state index is 0.567. The van der Waals surface area contributed by atoms with Crippen molar-refractivity contribution < 1.29 is 0 Å². The lowest BCUT2D eigenvalue weighted by Gasteiger charge is -2.07. The molecule has 3 rings (SSSR count). The molecule has 1 aromatic heterocycles. The summed E-state index contributed by atoms with van der Waals surface area (Å²) in [5.41, 5.74) is 8.08. The van der Waals surface area contributed by atoms with Crippen LogP contribution in [-0.2, 0) is 0 Å². The van der Waals surface area contributed by atoms with Crippen LogP contribution in [0, 0.1) is 11.3 Å². The highest BCUT2D eigenvalue weighted by Crippen LogP contribution is 2.33. The molecule has 0 amide bonds. The van der Waals surface area contributed by atoms with Crippen molar-refractivity contribution in [3.05, 3.63) is 60.2 Å². The van der Waals surface area contributed by atoms with Gasteiger partial charge in [0.15, 0.2) is 0 Å². The van der Waals surface area contributed by atoms with Crippen LogP contribution in [0.25, 0.3) is 10.9 Å². The van der Waals surface area contributed by atoms with Crippen LogP contribution in [0.15, 0.2) is 64.5 Å². The van der Waals surface area contributed by atoms with E-state index in [0.717, 1.165) is 15.8 Å². The summed E-state index contributed by atoms with van der Waals surface area (Å²) in [4.78, 5) is 5.48. The highest BCUT2D eigenvalue weighted by Gasteiger charge is 2.09. The monoisotopic (exact) mass is 277 g/mol. The number of anilines is 1. The molecule has 0 unspecified atom stereocenters. The molecule has 0 aliphatic carbocycles. The van der Waals surface area contributed by atoms with Gasteiger partial charge in [-0.25, -0.2) is 4.98 Å². The number of nitrogen functional groups attached to an aromatic ring is 1. The van der Waals surface area contributed by atoms with Crippen molar-refractivity contribution in [1.82, 2.24) is 4.98 Å². The van der Waals surface area contributed by atoms with Crippen LogP contribution >= 0.6 is 11.8 Å². The van der Waals surface area contributed by atoms with E-state index in [1.165, 1.54) is 11.8 Å². The SMILES string of the molecule is N#Cc1cc2ccccc2nc1Sc1ccccc1N. The first-order chi connectivity index (χ1) is 9.78. The van der Waals surface area contributed by atoms with Crippen LogP contribution in [-0.4, -0.2) is 4.98 Å². The van der Waals surface area contributed by atoms with Gasteiger partial charge in [0.2, 0.25) is 0 Å². The summed E-state index contributed by atoms with van der Waals surface area (Å²) in [6.45, 7) is 0. The lowest BCUT2D eigenvalue weighted by Crippen LogP contribution is -1.91. The smallest absolute Gasteiger partial charge is 0.119 e. The van der Waals surface area contributed by atoms with Crippen molar-refractivity contribution in [2.24, 2.45) is 0 Å². The van der Waals surface area contributed by atoms with Crippen LogP contribution in [0.1, 0.15) is 5.56 Å². The molecule has 0 aliphatic heterocycles. The van der Waals surface area contributed by atoms with E-state index >= 15 is 0 Å². The van der Waals surface area contributed by atoms with E-state index in [9.17, 15) is 5.26 Å². The van der Waals surface area contributed by atoms with Gasteiger partial charge in [-0.15, -0.1) is 0 Å². The number of rotatable bonds is 2. The number of para-hydroxylation sites is 2. The van der Waals surface area contributed by atoms with Gasteiger partial charge in [0.25, 0.3) is 0 Å². The minimum Gasteiger partial charge on any atom is -0.398 e. The van der Waals surface area contributed by atoms with Crippen LogP contribution in [0.2, 0.25) is 0 Å². The average Bonchev–Trinajstić information content (AvgIpc) is 2.49. The van der Waals surface area contributed by atoms with Gasteiger partial charge in [-0.2, -0.15) is 5.26 Å². The lowest BCUT2D eigenvalue weighted by molar-refractivity contribution is 1.16. The zero-order valence-electron chi connectivity index (χ0n) is 10.6. The van der Waals surface area contributed by atoms with Crippen LogP contribution in [0.5, 0.6) is 0 Å². The predicted molar refractivity (Wildman–Crippen MR) is 81.4 cm³/mol. The largest absolute Gasteiger partial charge is 0.398 e. The molecule has 4 heteroatoms. The number of hydrogen-bond donors (Lipinski definition) is 1. The van der Waals surface area contributed by atoms with E-state index < -0.39 is 0 Å². The van der Waals surface area contributed by atoms with E-state index in [4.69, 9.17) is 5.73 Å². The maximum atomic E-state index is 9.29. The van der Waals surface area contributed by atoms with Crippen LogP contribution in [0.3, 0.4) is 0 Å². The fraction of sp³-hybridized carbons (Fsp3) is 0. The summed E-state index contributed by atoms with van der Waals surface area (Å²) in [7, 11) is 0. The van der Waals surface area contributed by atoms with Crippen molar-refractivity contribution in [2.45, 2.75) is 9.92 Å². The van der Waals surface area contributed by atoms with Gasteiger partial charge in [-0.3, -0.25) is 0 Å². The summed E-state index contributed by atoms with van der Waals surface area (Å²) in [5.74, 6) is 0. The minimum absolute atomic E-state index is 0.567. The Morgan fingerprint density at radius 1 is 1.05 bits per heavy atom. The Hall–Kier alpha value is -2.51. The van der Waals surface area contributed by atoms with Crippen molar-refractivity contribution in [1.29, 1.82) is 5.26 Å². The van der Waals surface area contributed by atoms with Crippen LogP contribution < -0.4 is 5.73 Å². The molecule has 0 fully saturated rings. The molecule has 0 radical (unpaired) electrons. The number of benzene rings is 2. The van der Waals surface area contributed by atoms with E-state index in [1.54, 1.807) is 0 Å².